The molecule has 4 aromatic rings. The van der Waals surface area contributed by atoms with E-state index in [1.165, 1.54) is 12.6 Å². The first kappa shape index (κ1) is 29.6. The van der Waals surface area contributed by atoms with Crippen molar-refractivity contribution in [2.45, 2.75) is 57.6 Å². The first-order valence-electron chi connectivity index (χ1n) is 14.5. The van der Waals surface area contributed by atoms with Crippen LogP contribution in [-0.4, -0.2) is 77.8 Å². The Hall–Kier alpha value is -3.90. The second kappa shape index (κ2) is 12.5. The molecule has 0 amide bonds. The predicted octanol–water partition coefficient (Wildman–Crippen LogP) is 5.34. The van der Waals surface area contributed by atoms with Gasteiger partial charge in [0.1, 0.15) is 11.3 Å². The van der Waals surface area contributed by atoms with Crippen molar-refractivity contribution >= 4 is 49.8 Å². The standard InChI is InChI=1S/C30H40N8O3S/c1-6-37(7-2)21-14-16-38(17-15-21)22-12-13-23(25(18-22)41-20(3)4)34-30-35-28-27(31-19-32-28)29(36-30)33-24-10-8-9-11-26(24)42(5,39)40/h8-13,18-21H,6-7,14-17H2,1-5H3,(H3,31,32,33,34,35,36). The topological polar surface area (TPSA) is 128 Å². The summed E-state index contributed by atoms with van der Waals surface area (Å²) in [5.41, 5.74) is 3.26. The third-order valence-electron chi connectivity index (χ3n) is 7.56. The summed E-state index contributed by atoms with van der Waals surface area (Å²) in [4.78, 5) is 21.8. The highest BCUT2D eigenvalue weighted by molar-refractivity contribution is 7.90. The molecular weight excluding hydrogens is 552 g/mol. The van der Waals surface area contributed by atoms with Crippen LogP contribution in [0, 0.1) is 0 Å². The normalized spacial score (nSPS) is 14.6. The molecule has 11 nitrogen and oxygen atoms in total. The number of nitrogens with zero attached hydrogens (tertiary/aromatic N) is 5. The lowest BCUT2D eigenvalue weighted by molar-refractivity contribution is 0.186. The second-order valence-electron chi connectivity index (χ2n) is 10.8. The molecule has 0 atom stereocenters. The van der Waals surface area contributed by atoms with Crippen LogP contribution in [0.1, 0.15) is 40.5 Å². The van der Waals surface area contributed by atoms with Crippen LogP contribution >= 0.6 is 0 Å². The van der Waals surface area contributed by atoms with Crippen molar-refractivity contribution in [3.8, 4) is 5.75 Å². The highest BCUT2D eigenvalue weighted by atomic mass is 32.2. The van der Waals surface area contributed by atoms with Gasteiger partial charge in [-0.15, -0.1) is 0 Å². The molecule has 2 aromatic carbocycles. The van der Waals surface area contributed by atoms with E-state index >= 15 is 0 Å². The highest BCUT2D eigenvalue weighted by Gasteiger charge is 2.24. The summed E-state index contributed by atoms with van der Waals surface area (Å²) >= 11 is 0. The molecule has 3 N–H and O–H groups in total. The molecule has 0 aliphatic carbocycles. The summed E-state index contributed by atoms with van der Waals surface area (Å²) in [5.74, 6) is 1.40. The minimum absolute atomic E-state index is 0.0336. The van der Waals surface area contributed by atoms with Gasteiger partial charge in [-0.3, -0.25) is 0 Å². The summed E-state index contributed by atoms with van der Waals surface area (Å²) in [7, 11) is -3.46. The van der Waals surface area contributed by atoms with Crippen molar-refractivity contribution in [1.29, 1.82) is 0 Å². The molecule has 1 fully saturated rings. The fourth-order valence-corrected chi connectivity index (χ4v) is 6.36. The van der Waals surface area contributed by atoms with E-state index in [2.05, 4.69) is 61.4 Å². The number of ether oxygens (including phenoxy) is 1. The number of aromatic nitrogens is 4. The van der Waals surface area contributed by atoms with Crippen LogP contribution in [0.5, 0.6) is 5.75 Å². The zero-order valence-corrected chi connectivity index (χ0v) is 25.7. The Labute approximate surface area is 247 Å². The third kappa shape index (κ3) is 6.60. The van der Waals surface area contributed by atoms with E-state index < -0.39 is 9.84 Å². The molecule has 0 unspecified atom stereocenters. The van der Waals surface area contributed by atoms with Gasteiger partial charge in [0.25, 0.3) is 0 Å². The van der Waals surface area contributed by atoms with Crippen molar-refractivity contribution in [1.82, 2.24) is 24.8 Å². The molecule has 0 radical (unpaired) electrons. The quantitative estimate of drug-likeness (QED) is 0.210. The van der Waals surface area contributed by atoms with Crippen molar-refractivity contribution < 1.29 is 13.2 Å². The fourth-order valence-electron chi connectivity index (χ4n) is 5.51. The fraction of sp³-hybridized carbons (Fsp3) is 0.433. The van der Waals surface area contributed by atoms with Gasteiger partial charge in [0, 0.05) is 37.1 Å². The van der Waals surface area contributed by atoms with Gasteiger partial charge in [0.05, 0.1) is 28.7 Å². The number of rotatable bonds is 11. The van der Waals surface area contributed by atoms with Crippen LogP contribution in [0.3, 0.4) is 0 Å². The lowest BCUT2D eigenvalue weighted by Gasteiger charge is -2.39. The maximum Gasteiger partial charge on any atom is 0.231 e. The Balaban J connectivity index is 1.42. The molecule has 3 heterocycles. The summed E-state index contributed by atoms with van der Waals surface area (Å²) in [6, 6.07) is 13.5. The van der Waals surface area contributed by atoms with E-state index in [0.717, 1.165) is 50.4 Å². The predicted molar refractivity (Wildman–Crippen MR) is 168 cm³/mol. The number of hydrogen-bond donors (Lipinski definition) is 3. The van der Waals surface area contributed by atoms with Crippen LogP contribution in [0.15, 0.2) is 53.7 Å². The summed E-state index contributed by atoms with van der Waals surface area (Å²) in [6.07, 6.45) is 4.95. The number of piperidine rings is 1. The van der Waals surface area contributed by atoms with E-state index in [1.54, 1.807) is 24.3 Å². The van der Waals surface area contributed by atoms with E-state index in [9.17, 15) is 8.42 Å². The molecule has 12 heteroatoms. The lowest BCUT2D eigenvalue weighted by Crippen LogP contribution is -2.44. The number of aromatic amines is 1. The van der Waals surface area contributed by atoms with Gasteiger partial charge < -0.3 is 30.2 Å². The number of sulfone groups is 1. The Morgan fingerprint density at radius 3 is 2.48 bits per heavy atom. The zero-order valence-electron chi connectivity index (χ0n) is 24.9. The Morgan fingerprint density at radius 2 is 1.79 bits per heavy atom. The molecular formula is C30H40N8O3S. The number of H-pyrrole nitrogens is 1. The number of nitrogens with one attached hydrogen (secondary N) is 3. The van der Waals surface area contributed by atoms with E-state index in [-0.39, 0.29) is 11.0 Å². The number of para-hydroxylation sites is 1. The molecule has 0 saturated carbocycles. The first-order chi connectivity index (χ1) is 20.2. The maximum absolute atomic E-state index is 12.4. The number of anilines is 5. The number of benzene rings is 2. The molecule has 1 saturated heterocycles. The SMILES string of the molecule is CCN(CC)C1CCN(c2ccc(Nc3nc(Nc4ccccc4S(C)(=O)=O)c4[nH]cnc4n3)c(OC(C)C)c2)CC1. The molecule has 0 spiro atoms. The van der Waals surface area contributed by atoms with Crippen molar-refractivity contribution in [3.05, 3.63) is 48.8 Å². The summed E-state index contributed by atoms with van der Waals surface area (Å²) in [6.45, 7) is 12.6. The molecule has 1 aliphatic heterocycles. The first-order valence-corrected chi connectivity index (χ1v) is 16.4. The number of imidazole rings is 1. The Kier molecular flexibility index (Phi) is 8.83. The Morgan fingerprint density at radius 1 is 1.05 bits per heavy atom. The summed E-state index contributed by atoms with van der Waals surface area (Å²) < 4.78 is 31.0. The van der Waals surface area contributed by atoms with Gasteiger partial charge >= 0.3 is 0 Å². The highest BCUT2D eigenvalue weighted by Crippen LogP contribution is 2.35. The molecule has 2 aromatic heterocycles. The van der Waals surface area contributed by atoms with Crippen LogP contribution < -0.4 is 20.3 Å². The van der Waals surface area contributed by atoms with E-state index in [0.29, 0.717) is 40.4 Å². The van der Waals surface area contributed by atoms with Gasteiger partial charge in [-0.1, -0.05) is 26.0 Å². The van der Waals surface area contributed by atoms with Crippen LogP contribution in [-0.2, 0) is 9.84 Å². The van der Waals surface area contributed by atoms with Gasteiger partial charge in [0.2, 0.25) is 5.95 Å². The van der Waals surface area contributed by atoms with Crippen molar-refractivity contribution in [3.63, 3.8) is 0 Å². The monoisotopic (exact) mass is 592 g/mol. The van der Waals surface area contributed by atoms with Crippen molar-refractivity contribution in [2.24, 2.45) is 0 Å². The second-order valence-corrected chi connectivity index (χ2v) is 12.8. The van der Waals surface area contributed by atoms with Crippen LogP contribution in [0.2, 0.25) is 0 Å². The van der Waals surface area contributed by atoms with E-state index in [4.69, 9.17) is 9.72 Å². The maximum atomic E-state index is 12.4. The molecule has 224 valence electrons. The van der Waals surface area contributed by atoms with Crippen LogP contribution in [0.4, 0.5) is 28.8 Å². The number of fused-ring (bicyclic) bond motifs is 1. The van der Waals surface area contributed by atoms with Gasteiger partial charge in [-0.25, -0.2) is 13.4 Å². The smallest absolute Gasteiger partial charge is 0.231 e. The minimum atomic E-state index is -3.46. The van der Waals surface area contributed by atoms with Gasteiger partial charge in [0.15, 0.2) is 21.3 Å². The van der Waals surface area contributed by atoms with Crippen LogP contribution in [0.25, 0.3) is 11.2 Å². The lowest BCUT2D eigenvalue weighted by atomic mass is 10.0. The van der Waals surface area contributed by atoms with Gasteiger partial charge in [-0.05, 0) is 64.0 Å². The summed E-state index contributed by atoms with van der Waals surface area (Å²) in [5, 5.41) is 6.48. The third-order valence-corrected chi connectivity index (χ3v) is 8.71. The molecule has 42 heavy (non-hydrogen) atoms. The largest absolute Gasteiger partial charge is 0.489 e. The molecule has 0 bridgehead atoms. The number of hydrogen-bond acceptors (Lipinski definition) is 10. The molecule has 1 aliphatic rings. The minimum Gasteiger partial charge on any atom is -0.489 e. The average Bonchev–Trinajstić information content (AvgIpc) is 3.44. The Bertz CT molecular complexity index is 1630. The molecule has 5 rings (SSSR count). The average molecular weight is 593 g/mol. The zero-order chi connectivity index (χ0) is 29.9. The van der Waals surface area contributed by atoms with Gasteiger partial charge in [-0.2, -0.15) is 9.97 Å². The van der Waals surface area contributed by atoms with Crippen molar-refractivity contribution in [2.75, 3.05) is 48.0 Å². The van der Waals surface area contributed by atoms with E-state index in [1.807, 2.05) is 19.9 Å².